The fourth-order valence-corrected chi connectivity index (χ4v) is 5.26. The van der Waals surface area contributed by atoms with Crippen LogP contribution in [0.25, 0.3) is 5.76 Å². The number of anilines is 1. The Balaban J connectivity index is 1.98. The third kappa shape index (κ3) is 4.55. The van der Waals surface area contributed by atoms with Crippen molar-refractivity contribution in [3.63, 3.8) is 0 Å². The van der Waals surface area contributed by atoms with Crippen LogP contribution in [0.15, 0.2) is 57.4 Å². The predicted molar refractivity (Wildman–Crippen MR) is 136 cm³/mol. The lowest BCUT2D eigenvalue weighted by atomic mass is 9.98. The van der Waals surface area contributed by atoms with Crippen molar-refractivity contribution < 1.29 is 37.0 Å². The summed E-state index contributed by atoms with van der Waals surface area (Å²) in [5.41, 5.74) is -0.231. The van der Waals surface area contributed by atoms with E-state index in [1.165, 1.54) is 44.6 Å². The van der Waals surface area contributed by atoms with Crippen LogP contribution in [0.5, 0.6) is 11.5 Å². The van der Waals surface area contributed by atoms with Crippen LogP contribution in [0.4, 0.5) is 5.69 Å². The maximum absolute atomic E-state index is 13.3. The number of sulfonamides is 1. The van der Waals surface area contributed by atoms with Gasteiger partial charge >= 0.3 is 0 Å². The average molecular weight is 567 g/mol. The molecule has 1 aromatic heterocycles. The van der Waals surface area contributed by atoms with Crippen LogP contribution in [0.2, 0.25) is 10.0 Å². The van der Waals surface area contributed by atoms with Gasteiger partial charge in [0.2, 0.25) is 10.0 Å². The van der Waals surface area contributed by atoms with E-state index in [0.29, 0.717) is 5.76 Å². The monoisotopic (exact) mass is 566 g/mol. The number of carbonyl (C=O) groups excluding carboxylic acids is 2. The Kier molecular flexibility index (Phi) is 6.99. The number of hydrogen-bond donors (Lipinski definition) is 2. The van der Waals surface area contributed by atoms with E-state index in [1.54, 1.807) is 19.1 Å². The van der Waals surface area contributed by atoms with Crippen molar-refractivity contribution in [3.05, 3.63) is 75.2 Å². The largest absolute Gasteiger partial charge is 0.507 e. The molecule has 4 rings (SSSR count). The molecule has 1 aliphatic heterocycles. The van der Waals surface area contributed by atoms with Crippen LogP contribution in [0, 0.1) is 6.92 Å². The first-order valence-electron chi connectivity index (χ1n) is 10.5. The molecule has 0 aliphatic carbocycles. The van der Waals surface area contributed by atoms with Crippen molar-refractivity contribution in [1.29, 1.82) is 0 Å². The number of methoxy groups -OCH3 is 2. The van der Waals surface area contributed by atoms with Crippen molar-refractivity contribution >= 4 is 56.4 Å². The summed E-state index contributed by atoms with van der Waals surface area (Å²) < 4.78 is 39.6. The number of halogens is 2. The summed E-state index contributed by atoms with van der Waals surface area (Å²) in [4.78, 5) is 27.5. The fraction of sp³-hybridized carbons (Fsp3) is 0.167. The van der Waals surface area contributed by atoms with Gasteiger partial charge in [-0.3, -0.25) is 14.5 Å². The number of rotatable bonds is 6. The molecule has 2 heterocycles. The minimum atomic E-state index is -4.00. The maximum Gasteiger partial charge on any atom is 0.300 e. The van der Waals surface area contributed by atoms with Gasteiger partial charge in [-0.15, -0.1) is 0 Å². The molecule has 37 heavy (non-hydrogen) atoms. The van der Waals surface area contributed by atoms with Crippen molar-refractivity contribution in [3.8, 4) is 11.5 Å². The Morgan fingerprint density at radius 2 is 1.68 bits per heavy atom. The predicted octanol–water partition coefficient (Wildman–Crippen LogP) is 4.19. The minimum absolute atomic E-state index is 0.0213. The maximum atomic E-state index is 13.3. The highest BCUT2D eigenvalue weighted by Gasteiger charge is 2.49. The molecule has 0 bridgehead atoms. The molecule has 1 fully saturated rings. The van der Waals surface area contributed by atoms with Gasteiger partial charge in [0.25, 0.3) is 11.7 Å². The number of primary sulfonamides is 1. The highest BCUT2D eigenvalue weighted by molar-refractivity contribution is 7.89. The summed E-state index contributed by atoms with van der Waals surface area (Å²) in [7, 11) is -1.36. The van der Waals surface area contributed by atoms with Gasteiger partial charge in [-0.1, -0.05) is 23.2 Å². The number of ether oxygens (including phenoxy) is 2. The zero-order chi connectivity index (χ0) is 27.2. The van der Waals surface area contributed by atoms with Crippen LogP contribution in [0.3, 0.4) is 0 Å². The molecular weight excluding hydrogens is 547 g/mol. The molecule has 1 amide bonds. The number of aliphatic hydroxyl groups is 1. The Bertz CT molecular complexity index is 1560. The number of furan rings is 1. The van der Waals surface area contributed by atoms with Gasteiger partial charge in [0, 0.05) is 5.69 Å². The van der Waals surface area contributed by atoms with E-state index in [4.69, 9.17) is 42.2 Å². The second-order valence-electron chi connectivity index (χ2n) is 7.94. The third-order valence-electron chi connectivity index (χ3n) is 5.71. The normalized spacial score (nSPS) is 17.4. The molecule has 0 saturated carbocycles. The molecule has 2 aromatic carbocycles. The summed E-state index contributed by atoms with van der Waals surface area (Å²) in [5.74, 6) is -1.95. The van der Waals surface area contributed by atoms with Gasteiger partial charge in [0.1, 0.15) is 28.3 Å². The Morgan fingerprint density at radius 3 is 2.19 bits per heavy atom. The van der Waals surface area contributed by atoms with Gasteiger partial charge < -0.3 is 19.0 Å². The van der Waals surface area contributed by atoms with E-state index in [2.05, 4.69) is 0 Å². The van der Waals surface area contributed by atoms with Gasteiger partial charge in [-0.05, 0) is 49.4 Å². The molecule has 0 radical (unpaired) electrons. The molecular formula is C24H20Cl2N2O8S. The Morgan fingerprint density at radius 1 is 1.05 bits per heavy atom. The van der Waals surface area contributed by atoms with Gasteiger partial charge in [-0.2, -0.15) is 0 Å². The van der Waals surface area contributed by atoms with Gasteiger partial charge in [0.15, 0.2) is 11.5 Å². The number of ketones is 1. The third-order valence-corrected chi connectivity index (χ3v) is 7.27. The van der Waals surface area contributed by atoms with E-state index in [9.17, 15) is 23.1 Å². The first-order valence-corrected chi connectivity index (χ1v) is 12.8. The van der Waals surface area contributed by atoms with Crippen LogP contribution < -0.4 is 19.5 Å². The van der Waals surface area contributed by atoms with E-state index in [1.807, 2.05) is 0 Å². The fourth-order valence-electron chi connectivity index (χ4n) is 4.06. The topological polar surface area (TPSA) is 149 Å². The molecule has 1 atom stereocenters. The van der Waals surface area contributed by atoms with Crippen molar-refractivity contribution in [2.45, 2.75) is 17.9 Å². The lowest BCUT2D eigenvalue weighted by molar-refractivity contribution is -0.132. The molecule has 10 nitrogen and oxygen atoms in total. The van der Waals surface area contributed by atoms with E-state index < -0.39 is 33.5 Å². The van der Waals surface area contributed by atoms with Crippen molar-refractivity contribution in [2.24, 2.45) is 5.14 Å². The number of carbonyl (C=O) groups is 2. The molecule has 13 heteroatoms. The summed E-state index contributed by atoms with van der Waals surface area (Å²) in [6.45, 7) is 1.67. The number of nitrogens with zero attached hydrogens (tertiary/aromatic N) is 1. The number of benzene rings is 2. The lowest BCUT2D eigenvalue weighted by Gasteiger charge is -2.24. The average Bonchev–Trinajstić information content (AvgIpc) is 3.38. The lowest BCUT2D eigenvalue weighted by Crippen LogP contribution is -2.29. The Labute approximate surface area is 221 Å². The molecule has 0 spiro atoms. The van der Waals surface area contributed by atoms with Crippen molar-refractivity contribution in [2.75, 3.05) is 19.1 Å². The number of aliphatic hydroxyl groups excluding tert-OH is 1. The first-order chi connectivity index (χ1) is 17.4. The van der Waals surface area contributed by atoms with Crippen LogP contribution >= 0.6 is 23.2 Å². The highest BCUT2D eigenvalue weighted by Crippen LogP contribution is 2.48. The second-order valence-corrected chi connectivity index (χ2v) is 10.3. The summed E-state index contributed by atoms with van der Waals surface area (Å²) in [5, 5.41) is 16.5. The molecule has 3 N–H and O–H groups in total. The van der Waals surface area contributed by atoms with Crippen molar-refractivity contribution in [1.82, 2.24) is 0 Å². The molecule has 1 aliphatic rings. The Hall–Kier alpha value is -3.51. The molecule has 1 saturated heterocycles. The zero-order valence-corrected chi connectivity index (χ0v) is 21.9. The molecule has 194 valence electrons. The number of hydrogen-bond acceptors (Lipinski definition) is 8. The first kappa shape index (κ1) is 26.6. The van der Waals surface area contributed by atoms with Crippen LogP contribution in [-0.2, 0) is 19.6 Å². The van der Waals surface area contributed by atoms with E-state index in [-0.39, 0.29) is 49.0 Å². The SMILES string of the molecule is COc1c(Cl)cc(/C(O)=C2\C(=O)C(=O)N(c3ccc(S(N)(=O)=O)cc3)C2c2ccc(C)o2)c(OC)c1Cl. The smallest absolute Gasteiger partial charge is 0.300 e. The number of aryl methyl sites for hydroxylation is 1. The van der Waals surface area contributed by atoms with Gasteiger partial charge in [0.05, 0.1) is 35.3 Å². The number of Topliss-reactive ketones (excluding diaryl/α,β-unsaturated/α-hetero) is 1. The standard InChI is InChI=1S/C24H20Cl2N2O8S/c1-11-4-9-16(36-11)19-17(20(29)14-10-15(25)23(35-3)18(26)22(14)34-2)21(30)24(31)28(19)12-5-7-13(8-6-12)37(27,32)33/h4-10,19,29H,1-3H3,(H2,27,32,33)/b20-17+. The highest BCUT2D eigenvalue weighted by atomic mass is 35.5. The summed E-state index contributed by atoms with van der Waals surface area (Å²) >= 11 is 12.6. The van der Waals surface area contributed by atoms with Crippen LogP contribution in [0.1, 0.15) is 23.1 Å². The molecule has 1 unspecified atom stereocenters. The summed E-state index contributed by atoms with van der Waals surface area (Å²) in [6, 6.07) is 8.26. The zero-order valence-electron chi connectivity index (χ0n) is 19.6. The number of amides is 1. The molecule has 3 aromatic rings. The van der Waals surface area contributed by atoms with Crippen LogP contribution in [-0.4, -0.2) is 39.4 Å². The van der Waals surface area contributed by atoms with E-state index in [0.717, 1.165) is 4.90 Å². The quantitative estimate of drug-likeness (QED) is 0.256. The van der Waals surface area contributed by atoms with Gasteiger partial charge in [-0.25, -0.2) is 13.6 Å². The summed E-state index contributed by atoms with van der Waals surface area (Å²) in [6.07, 6.45) is 0. The minimum Gasteiger partial charge on any atom is -0.507 e. The van der Waals surface area contributed by atoms with E-state index >= 15 is 0 Å². The second kappa shape index (κ2) is 9.75. The number of nitrogens with two attached hydrogens (primary N) is 1.